The SMILES string of the molecule is Nc1cccc(CCc2nc(CCO)no2)c1. The van der Waals surface area contributed by atoms with Crippen LogP contribution in [0.25, 0.3) is 0 Å². The van der Waals surface area contributed by atoms with Crippen LogP contribution in [0.15, 0.2) is 28.8 Å². The zero-order valence-corrected chi connectivity index (χ0v) is 9.47. The molecule has 1 aromatic heterocycles. The third kappa shape index (κ3) is 3.29. The van der Waals surface area contributed by atoms with E-state index >= 15 is 0 Å². The lowest BCUT2D eigenvalue weighted by Gasteiger charge is -1.99. The van der Waals surface area contributed by atoms with Gasteiger partial charge in [-0.3, -0.25) is 0 Å². The number of hydrogen-bond donors (Lipinski definition) is 2. The van der Waals surface area contributed by atoms with Crippen LogP contribution in [-0.4, -0.2) is 21.9 Å². The summed E-state index contributed by atoms with van der Waals surface area (Å²) in [5, 5.41) is 12.5. The van der Waals surface area contributed by atoms with Gasteiger partial charge >= 0.3 is 0 Å². The Labute approximate surface area is 99.3 Å². The lowest BCUT2D eigenvalue weighted by molar-refractivity contribution is 0.293. The van der Waals surface area contributed by atoms with Crippen molar-refractivity contribution in [3.8, 4) is 0 Å². The minimum absolute atomic E-state index is 0.0359. The summed E-state index contributed by atoms with van der Waals surface area (Å²) in [5.41, 5.74) is 7.60. The first-order chi connectivity index (χ1) is 8.28. The molecule has 0 saturated heterocycles. The molecule has 0 amide bonds. The van der Waals surface area contributed by atoms with Gasteiger partial charge in [-0.25, -0.2) is 0 Å². The van der Waals surface area contributed by atoms with Gasteiger partial charge in [0.2, 0.25) is 5.89 Å². The molecule has 0 aliphatic heterocycles. The highest BCUT2D eigenvalue weighted by molar-refractivity contribution is 5.40. The van der Waals surface area contributed by atoms with E-state index in [9.17, 15) is 0 Å². The first-order valence-electron chi connectivity index (χ1n) is 5.54. The normalized spacial score (nSPS) is 10.6. The van der Waals surface area contributed by atoms with Crippen LogP contribution in [-0.2, 0) is 19.3 Å². The number of hydrogen-bond acceptors (Lipinski definition) is 5. The summed E-state index contributed by atoms with van der Waals surface area (Å²) in [6, 6.07) is 7.73. The molecule has 1 heterocycles. The van der Waals surface area contributed by atoms with Gasteiger partial charge in [0.15, 0.2) is 5.82 Å². The van der Waals surface area contributed by atoms with Crippen molar-refractivity contribution in [3.63, 3.8) is 0 Å². The Morgan fingerprint density at radius 3 is 2.88 bits per heavy atom. The van der Waals surface area contributed by atoms with Crippen molar-refractivity contribution in [1.29, 1.82) is 0 Å². The van der Waals surface area contributed by atoms with Gasteiger partial charge in [0, 0.05) is 18.5 Å². The first kappa shape index (κ1) is 11.6. The maximum absolute atomic E-state index is 8.73. The van der Waals surface area contributed by atoms with Crippen LogP contribution in [0.4, 0.5) is 5.69 Å². The Morgan fingerprint density at radius 1 is 1.24 bits per heavy atom. The zero-order chi connectivity index (χ0) is 12.1. The second-order valence-corrected chi connectivity index (χ2v) is 3.82. The standard InChI is InChI=1S/C12H15N3O2/c13-10-3-1-2-9(8-10)4-5-12-14-11(6-7-16)15-17-12/h1-3,8,16H,4-7,13H2. The molecule has 90 valence electrons. The van der Waals surface area contributed by atoms with E-state index < -0.39 is 0 Å². The largest absolute Gasteiger partial charge is 0.399 e. The van der Waals surface area contributed by atoms with Crippen molar-refractivity contribution < 1.29 is 9.63 Å². The Kier molecular flexibility index (Phi) is 3.72. The Hall–Kier alpha value is -1.88. The van der Waals surface area contributed by atoms with Gasteiger partial charge in [-0.05, 0) is 24.1 Å². The molecule has 0 saturated carbocycles. The zero-order valence-electron chi connectivity index (χ0n) is 9.47. The monoisotopic (exact) mass is 233 g/mol. The number of nitrogens with zero attached hydrogens (tertiary/aromatic N) is 2. The summed E-state index contributed by atoms with van der Waals surface area (Å²) in [5.74, 6) is 1.14. The molecule has 0 aliphatic rings. The topological polar surface area (TPSA) is 85.2 Å². The van der Waals surface area contributed by atoms with Crippen LogP contribution in [0.1, 0.15) is 17.3 Å². The fourth-order valence-corrected chi connectivity index (χ4v) is 1.59. The number of aryl methyl sites for hydroxylation is 2. The molecule has 5 heteroatoms. The van der Waals surface area contributed by atoms with E-state index in [4.69, 9.17) is 15.4 Å². The van der Waals surface area contributed by atoms with E-state index in [2.05, 4.69) is 10.1 Å². The van der Waals surface area contributed by atoms with E-state index in [1.165, 1.54) is 0 Å². The number of aliphatic hydroxyl groups excluding tert-OH is 1. The molecule has 0 radical (unpaired) electrons. The average molecular weight is 233 g/mol. The van der Waals surface area contributed by atoms with Crippen LogP contribution in [0.2, 0.25) is 0 Å². The number of aromatic nitrogens is 2. The number of anilines is 1. The number of aliphatic hydroxyl groups is 1. The Balaban J connectivity index is 1.93. The van der Waals surface area contributed by atoms with Crippen LogP contribution in [0.5, 0.6) is 0 Å². The summed E-state index contributed by atoms with van der Waals surface area (Å²) in [6.45, 7) is 0.0359. The predicted molar refractivity (Wildman–Crippen MR) is 63.4 cm³/mol. The molecule has 0 aliphatic carbocycles. The highest BCUT2D eigenvalue weighted by Crippen LogP contribution is 2.10. The van der Waals surface area contributed by atoms with E-state index in [0.29, 0.717) is 24.6 Å². The highest BCUT2D eigenvalue weighted by Gasteiger charge is 2.05. The molecule has 5 nitrogen and oxygen atoms in total. The van der Waals surface area contributed by atoms with Gasteiger partial charge in [0.25, 0.3) is 0 Å². The Bertz CT molecular complexity index is 482. The minimum Gasteiger partial charge on any atom is -0.399 e. The maximum atomic E-state index is 8.73. The molecule has 0 bridgehead atoms. The molecular weight excluding hydrogens is 218 g/mol. The molecule has 0 atom stereocenters. The quantitative estimate of drug-likeness (QED) is 0.752. The van der Waals surface area contributed by atoms with Crippen LogP contribution < -0.4 is 5.73 Å². The van der Waals surface area contributed by atoms with Crippen molar-refractivity contribution in [3.05, 3.63) is 41.5 Å². The van der Waals surface area contributed by atoms with Gasteiger partial charge in [-0.2, -0.15) is 4.98 Å². The molecule has 0 fully saturated rings. The third-order valence-corrected chi connectivity index (χ3v) is 2.42. The first-order valence-corrected chi connectivity index (χ1v) is 5.54. The number of nitrogen functional groups attached to an aromatic ring is 1. The van der Waals surface area contributed by atoms with Gasteiger partial charge in [0.1, 0.15) is 0 Å². The van der Waals surface area contributed by atoms with E-state index in [0.717, 1.165) is 17.7 Å². The number of nitrogens with two attached hydrogens (primary N) is 1. The molecule has 17 heavy (non-hydrogen) atoms. The third-order valence-electron chi connectivity index (χ3n) is 2.42. The molecule has 2 rings (SSSR count). The van der Waals surface area contributed by atoms with Crippen molar-refractivity contribution in [2.45, 2.75) is 19.3 Å². The number of rotatable bonds is 5. The molecular formula is C12H15N3O2. The van der Waals surface area contributed by atoms with Crippen LogP contribution in [0.3, 0.4) is 0 Å². The highest BCUT2D eigenvalue weighted by atomic mass is 16.5. The predicted octanol–water partition coefficient (Wildman–Crippen LogP) is 0.972. The van der Waals surface area contributed by atoms with E-state index in [1.807, 2.05) is 24.3 Å². The molecule has 3 N–H and O–H groups in total. The fourth-order valence-electron chi connectivity index (χ4n) is 1.59. The molecule has 0 unspecified atom stereocenters. The molecule has 2 aromatic rings. The van der Waals surface area contributed by atoms with Crippen molar-refractivity contribution in [1.82, 2.24) is 10.1 Å². The Morgan fingerprint density at radius 2 is 2.12 bits per heavy atom. The summed E-state index contributed by atoms with van der Waals surface area (Å²) < 4.78 is 5.07. The van der Waals surface area contributed by atoms with E-state index in [1.54, 1.807) is 0 Å². The smallest absolute Gasteiger partial charge is 0.226 e. The molecule has 1 aromatic carbocycles. The lowest BCUT2D eigenvalue weighted by Crippen LogP contribution is -1.95. The van der Waals surface area contributed by atoms with Gasteiger partial charge in [-0.1, -0.05) is 17.3 Å². The summed E-state index contributed by atoms with van der Waals surface area (Å²) in [4.78, 5) is 4.17. The summed E-state index contributed by atoms with van der Waals surface area (Å²) in [7, 11) is 0. The van der Waals surface area contributed by atoms with Gasteiger partial charge < -0.3 is 15.4 Å². The van der Waals surface area contributed by atoms with Crippen LogP contribution in [0, 0.1) is 0 Å². The minimum atomic E-state index is 0.0359. The van der Waals surface area contributed by atoms with E-state index in [-0.39, 0.29) is 6.61 Å². The summed E-state index contributed by atoms with van der Waals surface area (Å²) in [6.07, 6.45) is 1.93. The average Bonchev–Trinajstić information content (AvgIpc) is 2.75. The van der Waals surface area contributed by atoms with Gasteiger partial charge in [0.05, 0.1) is 6.61 Å². The second kappa shape index (κ2) is 5.45. The fraction of sp³-hybridized carbons (Fsp3) is 0.333. The maximum Gasteiger partial charge on any atom is 0.226 e. The lowest BCUT2D eigenvalue weighted by atomic mass is 10.1. The number of benzene rings is 1. The molecule has 0 spiro atoms. The van der Waals surface area contributed by atoms with Crippen molar-refractivity contribution in [2.75, 3.05) is 12.3 Å². The van der Waals surface area contributed by atoms with Gasteiger partial charge in [-0.15, -0.1) is 0 Å². The van der Waals surface area contributed by atoms with Crippen molar-refractivity contribution in [2.24, 2.45) is 0 Å². The van der Waals surface area contributed by atoms with Crippen molar-refractivity contribution >= 4 is 5.69 Å². The second-order valence-electron chi connectivity index (χ2n) is 3.82. The van der Waals surface area contributed by atoms with Crippen LogP contribution >= 0.6 is 0 Å². The summed E-state index contributed by atoms with van der Waals surface area (Å²) >= 11 is 0.